The molecule has 1 saturated heterocycles. The Hall–Kier alpha value is -1.80. The number of rotatable bonds is 8. The molecule has 0 amide bonds. The summed E-state index contributed by atoms with van der Waals surface area (Å²) in [6.45, 7) is 1.96. The fourth-order valence-corrected chi connectivity index (χ4v) is 4.64. The van der Waals surface area contributed by atoms with Gasteiger partial charge in [0.2, 0.25) is 20.0 Å². The number of anilines is 1. The zero-order chi connectivity index (χ0) is 20.2. The molecular weight excluding hydrogens is 398 g/mol. The van der Waals surface area contributed by atoms with Crippen LogP contribution in [0.4, 0.5) is 11.4 Å². The van der Waals surface area contributed by atoms with Crippen LogP contribution < -0.4 is 10.5 Å². The highest BCUT2D eigenvalue weighted by atomic mass is 32.2. The third-order valence-electron chi connectivity index (χ3n) is 4.19. The maximum atomic E-state index is 12.7. The highest BCUT2D eigenvalue weighted by Crippen LogP contribution is 2.29. The van der Waals surface area contributed by atoms with Gasteiger partial charge in [-0.05, 0) is 25.6 Å². The van der Waals surface area contributed by atoms with Gasteiger partial charge in [-0.3, -0.25) is 10.1 Å². The predicted octanol–water partition coefficient (Wildman–Crippen LogP) is -0.379. The summed E-state index contributed by atoms with van der Waals surface area (Å²) in [6, 6.07) is 3.65. The van der Waals surface area contributed by atoms with Crippen molar-refractivity contribution in [3.8, 4) is 0 Å². The lowest BCUT2D eigenvalue weighted by atomic mass is 10.2. The van der Waals surface area contributed by atoms with Gasteiger partial charge in [0.25, 0.3) is 5.69 Å². The quantitative estimate of drug-likeness (QED) is 0.327. The maximum absolute atomic E-state index is 12.7. The molecule has 1 aliphatic rings. The summed E-state index contributed by atoms with van der Waals surface area (Å²) in [7, 11) is -5.54. The summed E-state index contributed by atoms with van der Waals surface area (Å²) < 4.78 is 48.6. The lowest BCUT2D eigenvalue weighted by Crippen LogP contribution is -2.47. The molecule has 0 aromatic heterocycles. The van der Waals surface area contributed by atoms with Gasteiger partial charge >= 0.3 is 0 Å². The second-order valence-corrected chi connectivity index (χ2v) is 9.96. The van der Waals surface area contributed by atoms with Crippen molar-refractivity contribution in [2.24, 2.45) is 5.14 Å². The highest BCUT2D eigenvalue weighted by molar-refractivity contribution is 7.89. The fourth-order valence-electron chi connectivity index (χ4n) is 2.65. The third-order valence-corrected chi connectivity index (χ3v) is 6.94. The average Bonchev–Trinajstić information content (AvgIpc) is 2.58. The van der Waals surface area contributed by atoms with E-state index in [2.05, 4.69) is 5.32 Å². The van der Waals surface area contributed by atoms with Gasteiger partial charge < -0.3 is 10.2 Å². The number of benzene rings is 1. The topological polar surface area (TPSA) is 156 Å². The van der Waals surface area contributed by atoms with Crippen molar-refractivity contribution >= 4 is 31.4 Å². The van der Waals surface area contributed by atoms with Crippen LogP contribution in [-0.2, 0) is 20.0 Å². The second-order valence-electron chi connectivity index (χ2n) is 6.29. The van der Waals surface area contributed by atoms with Gasteiger partial charge in [-0.25, -0.2) is 22.0 Å². The number of hydrogen-bond acceptors (Lipinski definition) is 8. The van der Waals surface area contributed by atoms with Crippen molar-refractivity contribution in [1.29, 1.82) is 0 Å². The Bertz CT molecular complexity index is 895. The molecule has 0 aliphatic carbocycles. The van der Waals surface area contributed by atoms with Crippen LogP contribution in [0.25, 0.3) is 0 Å². The van der Waals surface area contributed by atoms with Crippen molar-refractivity contribution in [1.82, 2.24) is 9.21 Å². The molecule has 27 heavy (non-hydrogen) atoms. The van der Waals surface area contributed by atoms with Crippen molar-refractivity contribution in [2.45, 2.75) is 11.3 Å². The minimum atomic E-state index is -3.82. The van der Waals surface area contributed by atoms with E-state index in [4.69, 9.17) is 5.14 Å². The maximum Gasteiger partial charge on any atom is 0.293 e. The molecule has 3 N–H and O–H groups in total. The van der Waals surface area contributed by atoms with Gasteiger partial charge in [-0.2, -0.15) is 4.31 Å². The Morgan fingerprint density at radius 1 is 1.19 bits per heavy atom. The van der Waals surface area contributed by atoms with Crippen LogP contribution in [0.3, 0.4) is 0 Å². The van der Waals surface area contributed by atoms with Crippen LogP contribution in [0, 0.1) is 10.1 Å². The number of primary sulfonamides is 1. The normalized spacial score (nSPS) is 17.0. The molecule has 0 saturated carbocycles. The van der Waals surface area contributed by atoms with Gasteiger partial charge in [0, 0.05) is 38.8 Å². The molecule has 1 heterocycles. The van der Waals surface area contributed by atoms with E-state index < -0.39 is 25.0 Å². The number of hydrogen-bond donors (Lipinski definition) is 2. The smallest absolute Gasteiger partial charge is 0.293 e. The Labute approximate surface area is 158 Å². The van der Waals surface area contributed by atoms with E-state index in [-0.39, 0.29) is 35.0 Å². The first-order valence-corrected chi connectivity index (χ1v) is 11.4. The minimum absolute atomic E-state index is 0.117. The molecular formula is C14H23N5O6S2. The Morgan fingerprint density at radius 2 is 1.81 bits per heavy atom. The van der Waals surface area contributed by atoms with Crippen LogP contribution >= 0.6 is 0 Å². The molecule has 0 unspecified atom stereocenters. The largest absolute Gasteiger partial charge is 0.379 e. The predicted molar refractivity (Wildman–Crippen MR) is 100 cm³/mol. The van der Waals surface area contributed by atoms with Crippen molar-refractivity contribution < 1.29 is 21.8 Å². The number of sulfonamides is 2. The first-order valence-electron chi connectivity index (χ1n) is 8.22. The molecule has 0 atom stereocenters. The molecule has 11 nitrogen and oxygen atoms in total. The Kier molecular flexibility index (Phi) is 6.75. The third kappa shape index (κ3) is 5.84. The number of nitrogens with two attached hydrogens (primary N) is 1. The molecule has 152 valence electrons. The molecule has 0 bridgehead atoms. The van der Waals surface area contributed by atoms with Crippen LogP contribution in [0.15, 0.2) is 23.1 Å². The van der Waals surface area contributed by atoms with E-state index in [1.165, 1.54) is 16.4 Å². The zero-order valence-corrected chi connectivity index (χ0v) is 16.5. The van der Waals surface area contributed by atoms with Gasteiger partial charge in [-0.1, -0.05) is 0 Å². The SMILES string of the molecule is CN1CCN(S(=O)(=O)c2ccc(NCCCS(N)(=O)=O)c([N+](=O)[O-])c2)CC1. The first-order chi connectivity index (χ1) is 12.5. The van der Waals surface area contributed by atoms with E-state index in [1.54, 1.807) is 0 Å². The number of nitro benzene ring substituents is 1. The van der Waals surface area contributed by atoms with E-state index in [0.717, 1.165) is 6.07 Å². The van der Waals surface area contributed by atoms with Gasteiger partial charge in [-0.15, -0.1) is 0 Å². The fraction of sp³-hybridized carbons (Fsp3) is 0.571. The van der Waals surface area contributed by atoms with Crippen LogP contribution in [-0.4, -0.2) is 76.5 Å². The second kappa shape index (κ2) is 8.48. The summed E-state index contributed by atoms with van der Waals surface area (Å²) in [5.41, 5.74) is -0.271. The summed E-state index contributed by atoms with van der Waals surface area (Å²) in [4.78, 5) is 12.5. The van der Waals surface area contributed by atoms with E-state index in [0.29, 0.717) is 26.2 Å². The van der Waals surface area contributed by atoms with Crippen LogP contribution in [0.5, 0.6) is 0 Å². The lowest BCUT2D eigenvalue weighted by molar-refractivity contribution is -0.384. The molecule has 0 radical (unpaired) electrons. The van der Waals surface area contributed by atoms with Gasteiger partial charge in [0.05, 0.1) is 15.6 Å². The van der Waals surface area contributed by atoms with E-state index in [9.17, 15) is 26.9 Å². The van der Waals surface area contributed by atoms with E-state index in [1.807, 2.05) is 11.9 Å². The standard InChI is InChI=1S/C14H23N5O6S2/c1-17-6-8-18(9-7-17)27(24,25)12-3-4-13(14(11-12)19(20)21)16-5-2-10-26(15,22)23/h3-4,11,16H,2,5-10H2,1H3,(H2,15,22,23). The number of nitro groups is 1. The molecule has 1 aliphatic heterocycles. The highest BCUT2D eigenvalue weighted by Gasteiger charge is 2.29. The molecule has 1 aromatic rings. The average molecular weight is 422 g/mol. The summed E-state index contributed by atoms with van der Waals surface area (Å²) in [5, 5.41) is 19.0. The molecule has 1 fully saturated rings. The lowest BCUT2D eigenvalue weighted by Gasteiger charge is -2.31. The summed E-state index contributed by atoms with van der Waals surface area (Å²) >= 11 is 0. The number of likely N-dealkylation sites (N-methyl/N-ethyl adjacent to an activating group) is 1. The molecule has 0 spiro atoms. The Balaban J connectivity index is 2.18. The Morgan fingerprint density at radius 3 is 2.37 bits per heavy atom. The summed E-state index contributed by atoms with van der Waals surface area (Å²) in [6.07, 6.45) is 0.164. The monoisotopic (exact) mass is 421 g/mol. The van der Waals surface area contributed by atoms with Crippen LogP contribution in [0.2, 0.25) is 0 Å². The number of nitrogens with zero attached hydrogens (tertiary/aromatic N) is 3. The summed E-state index contributed by atoms with van der Waals surface area (Å²) in [5.74, 6) is -0.260. The number of nitrogens with one attached hydrogen (secondary N) is 1. The molecule has 1 aromatic carbocycles. The zero-order valence-electron chi connectivity index (χ0n) is 14.9. The first kappa shape index (κ1) is 21.5. The van der Waals surface area contributed by atoms with Crippen molar-refractivity contribution in [3.05, 3.63) is 28.3 Å². The van der Waals surface area contributed by atoms with Gasteiger partial charge in [0.15, 0.2) is 0 Å². The van der Waals surface area contributed by atoms with Crippen molar-refractivity contribution in [2.75, 3.05) is 50.8 Å². The number of piperazine rings is 1. The molecule has 13 heteroatoms. The van der Waals surface area contributed by atoms with E-state index >= 15 is 0 Å². The van der Waals surface area contributed by atoms with Crippen LogP contribution in [0.1, 0.15) is 6.42 Å². The van der Waals surface area contributed by atoms with Crippen molar-refractivity contribution in [3.63, 3.8) is 0 Å². The van der Waals surface area contributed by atoms with Gasteiger partial charge in [0.1, 0.15) is 5.69 Å². The molecule has 2 rings (SSSR count). The minimum Gasteiger partial charge on any atom is -0.379 e.